The number of aryl methyl sites for hydroxylation is 3. The Hall–Kier alpha value is -2.10. The van der Waals surface area contributed by atoms with E-state index in [0.717, 1.165) is 41.0 Å². The molecule has 4 heteroatoms. The molecule has 0 aliphatic heterocycles. The van der Waals surface area contributed by atoms with E-state index >= 15 is 0 Å². The largest absolute Gasteiger partial charge is 0.478 e. The topological polar surface area (TPSA) is 55.1 Å². The molecule has 0 unspecified atom stereocenters. The molecule has 0 bridgehead atoms. The van der Waals surface area contributed by atoms with Crippen molar-refractivity contribution in [1.82, 2.24) is 9.78 Å². The molecule has 0 saturated carbocycles. The average molecular weight is 272 g/mol. The lowest BCUT2D eigenvalue weighted by molar-refractivity contribution is 0.0697. The summed E-state index contributed by atoms with van der Waals surface area (Å²) in [6.45, 7) is 8.78. The first-order valence-corrected chi connectivity index (χ1v) is 6.84. The number of nitrogens with zero attached hydrogens (tertiary/aromatic N) is 2. The van der Waals surface area contributed by atoms with Crippen LogP contribution in [0.25, 0.3) is 11.1 Å². The highest BCUT2D eigenvalue weighted by Gasteiger charge is 2.19. The van der Waals surface area contributed by atoms with E-state index in [-0.39, 0.29) is 0 Å². The van der Waals surface area contributed by atoms with Gasteiger partial charge in [-0.2, -0.15) is 5.10 Å². The van der Waals surface area contributed by atoms with E-state index in [4.69, 9.17) is 0 Å². The summed E-state index contributed by atoms with van der Waals surface area (Å²) >= 11 is 0. The molecule has 106 valence electrons. The molecule has 0 aliphatic carbocycles. The van der Waals surface area contributed by atoms with E-state index < -0.39 is 5.97 Å². The average Bonchev–Trinajstić information content (AvgIpc) is 2.65. The van der Waals surface area contributed by atoms with Crippen molar-refractivity contribution < 1.29 is 9.90 Å². The molecular weight excluding hydrogens is 252 g/mol. The summed E-state index contributed by atoms with van der Waals surface area (Å²) in [5.41, 5.74) is 4.88. The van der Waals surface area contributed by atoms with E-state index in [1.54, 1.807) is 6.07 Å². The fourth-order valence-electron chi connectivity index (χ4n) is 2.57. The van der Waals surface area contributed by atoms with Gasteiger partial charge in [0.2, 0.25) is 0 Å². The Labute approximate surface area is 119 Å². The number of hydrogen-bond acceptors (Lipinski definition) is 2. The molecule has 0 radical (unpaired) electrons. The first-order valence-electron chi connectivity index (χ1n) is 6.84. The van der Waals surface area contributed by atoms with Crippen LogP contribution in [0, 0.1) is 20.8 Å². The Morgan fingerprint density at radius 2 is 2.00 bits per heavy atom. The van der Waals surface area contributed by atoms with E-state index in [2.05, 4.69) is 12.0 Å². The molecule has 0 spiro atoms. The smallest absolute Gasteiger partial charge is 0.336 e. The molecular formula is C16H20N2O2. The number of benzene rings is 1. The maximum Gasteiger partial charge on any atom is 0.336 e. The minimum Gasteiger partial charge on any atom is -0.478 e. The second kappa shape index (κ2) is 5.49. The van der Waals surface area contributed by atoms with Crippen LogP contribution in [0.2, 0.25) is 0 Å². The summed E-state index contributed by atoms with van der Waals surface area (Å²) < 4.78 is 1.95. The van der Waals surface area contributed by atoms with Crippen LogP contribution in [-0.4, -0.2) is 20.9 Å². The van der Waals surface area contributed by atoms with Gasteiger partial charge in [0.1, 0.15) is 0 Å². The third-order valence-electron chi connectivity index (χ3n) is 3.49. The number of carboxylic acid groups (broad SMARTS) is 1. The Morgan fingerprint density at radius 1 is 1.30 bits per heavy atom. The number of hydrogen-bond donors (Lipinski definition) is 1. The van der Waals surface area contributed by atoms with Gasteiger partial charge in [0, 0.05) is 17.8 Å². The Balaban J connectivity index is 2.65. The third kappa shape index (κ3) is 2.46. The van der Waals surface area contributed by atoms with Crippen molar-refractivity contribution in [3.8, 4) is 11.1 Å². The zero-order valence-corrected chi connectivity index (χ0v) is 12.4. The van der Waals surface area contributed by atoms with Crippen LogP contribution in [0.3, 0.4) is 0 Å². The molecule has 0 fully saturated rings. The minimum atomic E-state index is -0.897. The van der Waals surface area contributed by atoms with Crippen molar-refractivity contribution in [3.63, 3.8) is 0 Å². The summed E-state index contributed by atoms with van der Waals surface area (Å²) in [7, 11) is 0. The second-order valence-electron chi connectivity index (χ2n) is 5.12. The van der Waals surface area contributed by atoms with E-state index in [1.165, 1.54) is 0 Å². The van der Waals surface area contributed by atoms with Crippen LogP contribution in [0.5, 0.6) is 0 Å². The maximum absolute atomic E-state index is 11.5. The lowest BCUT2D eigenvalue weighted by Gasteiger charge is -2.08. The van der Waals surface area contributed by atoms with Gasteiger partial charge < -0.3 is 5.11 Å². The molecule has 2 aromatic rings. The molecule has 2 rings (SSSR count). The van der Waals surface area contributed by atoms with Gasteiger partial charge in [0.05, 0.1) is 11.3 Å². The zero-order valence-electron chi connectivity index (χ0n) is 12.4. The summed E-state index contributed by atoms with van der Waals surface area (Å²) in [5, 5.41) is 13.9. The van der Waals surface area contributed by atoms with E-state index in [0.29, 0.717) is 5.56 Å². The first-order chi connectivity index (χ1) is 9.45. The summed E-state index contributed by atoms with van der Waals surface area (Å²) in [5.74, 6) is -0.897. The van der Waals surface area contributed by atoms with Gasteiger partial charge in [0.15, 0.2) is 0 Å². The summed E-state index contributed by atoms with van der Waals surface area (Å²) in [4.78, 5) is 11.5. The molecule has 1 aromatic carbocycles. The Kier molecular flexibility index (Phi) is 3.93. The molecule has 0 saturated heterocycles. The van der Waals surface area contributed by atoms with Crippen LogP contribution >= 0.6 is 0 Å². The van der Waals surface area contributed by atoms with Gasteiger partial charge in [-0.25, -0.2) is 4.79 Å². The van der Waals surface area contributed by atoms with Crippen LogP contribution < -0.4 is 0 Å². The second-order valence-corrected chi connectivity index (χ2v) is 5.12. The van der Waals surface area contributed by atoms with Crippen LogP contribution in [0.4, 0.5) is 0 Å². The normalized spacial score (nSPS) is 10.8. The minimum absolute atomic E-state index is 0.340. The van der Waals surface area contributed by atoms with Crippen molar-refractivity contribution in [1.29, 1.82) is 0 Å². The SMILES string of the molecule is CCCn1nc(C)c(-c2ccc(C)cc2C(=O)O)c1C. The van der Waals surface area contributed by atoms with E-state index in [9.17, 15) is 9.90 Å². The maximum atomic E-state index is 11.5. The zero-order chi connectivity index (χ0) is 14.9. The van der Waals surface area contributed by atoms with Crippen LogP contribution in [-0.2, 0) is 6.54 Å². The fourth-order valence-corrected chi connectivity index (χ4v) is 2.57. The van der Waals surface area contributed by atoms with Crippen LogP contribution in [0.1, 0.15) is 40.7 Å². The van der Waals surface area contributed by atoms with Gasteiger partial charge in [-0.3, -0.25) is 4.68 Å². The molecule has 20 heavy (non-hydrogen) atoms. The lowest BCUT2D eigenvalue weighted by Crippen LogP contribution is -2.03. The number of carbonyl (C=O) groups is 1. The van der Waals surface area contributed by atoms with Crippen molar-refractivity contribution in [3.05, 3.63) is 40.7 Å². The van der Waals surface area contributed by atoms with Crippen molar-refractivity contribution in [2.24, 2.45) is 0 Å². The monoisotopic (exact) mass is 272 g/mol. The summed E-state index contributed by atoms with van der Waals surface area (Å²) in [6, 6.07) is 5.54. The van der Waals surface area contributed by atoms with Gasteiger partial charge >= 0.3 is 5.97 Å². The van der Waals surface area contributed by atoms with Crippen molar-refractivity contribution in [2.45, 2.75) is 40.7 Å². The molecule has 1 N–H and O–H groups in total. The molecule has 0 amide bonds. The lowest BCUT2D eigenvalue weighted by atomic mass is 9.96. The summed E-state index contributed by atoms with van der Waals surface area (Å²) in [6.07, 6.45) is 1.00. The Morgan fingerprint density at radius 3 is 2.60 bits per heavy atom. The van der Waals surface area contributed by atoms with Crippen molar-refractivity contribution in [2.75, 3.05) is 0 Å². The predicted molar refractivity (Wildman–Crippen MR) is 79.1 cm³/mol. The predicted octanol–water partition coefficient (Wildman–Crippen LogP) is 3.58. The van der Waals surface area contributed by atoms with Crippen LogP contribution in [0.15, 0.2) is 18.2 Å². The van der Waals surface area contributed by atoms with Gasteiger partial charge in [0.25, 0.3) is 0 Å². The quantitative estimate of drug-likeness (QED) is 0.925. The number of carboxylic acids is 1. The highest BCUT2D eigenvalue weighted by atomic mass is 16.4. The number of aromatic carboxylic acids is 1. The van der Waals surface area contributed by atoms with E-state index in [1.807, 2.05) is 37.6 Å². The number of aromatic nitrogens is 2. The highest BCUT2D eigenvalue weighted by molar-refractivity contribution is 5.97. The molecule has 4 nitrogen and oxygen atoms in total. The highest BCUT2D eigenvalue weighted by Crippen LogP contribution is 2.30. The van der Waals surface area contributed by atoms with Crippen molar-refractivity contribution >= 4 is 5.97 Å². The molecule has 0 aliphatic rings. The number of rotatable bonds is 4. The first kappa shape index (κ1) is 14.3. The van der Waals surface area contributed by atoms with Gasteiger partial charge in [-0.15, -0.1) is 0 Å². The fraction of sp³-hybridized carbons (Fsp3) is 0.375. The Bertz CT molecular complexity index is 657. The molecule has 1 heterocycles. The molecule has 1 aromatic heterocycles. The van der Waals surface area contributed by atoms with Gasteiger partial charge in [-0.05, 0) is 38.8 Å². The standard InChI is InChI=1S/C16H20N2O2/c1-5-8-18-12(4)15(11(3)17-18)13-7-6-10(2)9-14(13)16(19)20/h6-7,9H,5,8H2,1-4H3,(H,19,20). The van der Waals surface area contributed by atoms with Gasteiger partial charge in [-0.1, -0.05) is 24.6 Å². The third-order valence-corrected chi connectivity index (χ3v) is 3.49. The molecule has 0 atom stereocenters.